The highest BCUT2D eigenvalue weighted by Crippen LogP contribution is 2.23. The van der Waals surface area contributed by atoms with Crippen LogP contribution in [0.5, 0.6) is 0 Å². The van der Waals surface area contributed by atoms with Gasteiger partial charge in [0.15, 0.2) is 0 Å². The summed E-state index contributed by atoms with van der Waals surface area (Å²) in [5.41, 5.74) is 4.69. The molecule has 0 saturated carbocycles. The van der Waals surface area contributed by atoms with Crippen LogP contribution in [0.3, 0.4) is 0 Å². The number of hydrogen-bond donors (Lipinski definition) is 1. The van der Waals surface area contributed by atoms with E-state index in [0.717, 1.165) is 28.8 Å². The highest BCUT2D eigenvalue weighted by Gasteiger charge is 2.05. The Morgan fingerprint density at radius 1 is 1.33 bits per heavy atom. The molecule has 0 atom stereocenters. The summed E-state index contributed by atoms with van der Waals surface area (Å²) >= 11 is 3.57. The molecule has 1 aromatic carbocycles. The molecule has 0 unspecified atom stereocenters. The maximum absolute atomic E-state index is 4.44. The Labute approximate surface area is 116 Å². The average molecular weight is 308 g/mol. The number of anilines is 1. The van der Waals surface area contributed by atoms with E-state index in [2.05, 4.69) is 64.5 Å². The molecule has 3 nitrogen and oxygen atoms in total. The first kappa shape index (κ1) is 13.1. The van der Waals surface area contributed by atoms with E-state index in [0.29, 0.717) is 0 Å². The van der Waals surface area contributed by atoms with Crippen molar-refractivity contribution in [2.75, 3.05) is 5.32 Å². The maximum Gasteiger partial charge on any atom is 0.0625 e. The molecule has 0 aliphatic rings. The van der Waals surface area contributed by atoms with E-state index < -0.39 is 0 Å². The van der Waals surface area contributed by atoms with Gasteiger partial charge in [0.2, 0.25) is 0 Å². The van der Waals surface area contributed by atoms with E-state index in [4.69, 9.17) is 0 Å². The summed E-state index contributed by atoms with van der Waals surface area (Å²) in [6.07, 6.45) is 0.974. The molecule has 96 valence electrons. The van der Waals surface area contributed by atoms with Crippen molar-refractivity contribution < 1.29 is 0 Å². The Hall–Kier alpha value is -1.29. The molecule has 0 fully saturated rings. The van der Waals surface area contributed by atoms with Gasteiger partial charge >= 0.3 is 0 Å². The molecule has 0 saturated heterocycles. The van der Waals surface area contributed by atoms with E-state index >= 15 is 0 Å². The summed E-state index contributed by atoms with van der Waals surface area (Å²) < 4.78 is 3.04. The maximum atomic E-state index is 4.44. The van der Waals surface area contributed by atoms with Crippen molar-refractivity contribution in [3.63, 3.8) is 0 Å². The molecule has 2 aromatic rings. The lowest BCUT2D eigenvalue weighted by Crippen LogP contribution is -2.05. The summed E-state index contributed by atoms with van der Waals surface area (Å²) in [6.45, 7) is 4.99. The second-order valence-electron chi connectivity index (χ2n) is 4.44. The number of rotatable bonds is 4. The fraction of sp³-hybridized carbons (Fsp3) is 0.357. The number of benzene rings is 1. The lowest BCUT2D eigenvalue weighted by Gasteiger charge is -2.09. The van der Waals surface area contributed by atoms with Gasteiger partial charge in [-0.25, -0.2) is 0 Å². The van der Waals surface area contributed by atoms with Gasteiger partial charge in [-0.2, -0.15) is 5.10 Å². The molecule has 0 spiro atoms. The van der Waals surface area contributed by atoms with Crippen molar-refractivity contribution in [2.24, 2.45) is 7.05 Å². The average Bonchev–Trinajstić information content (AvgIpc) is 2.69. The molecule has 1 N–H and O–H groups in total. The summed E-state index contributed by atoms with van der Waals surface area (Å²) in [5, 5.41) is 7.87. The number of aryl methyl sites for hydroxylation is 3. The monoisotopic (exact) mass is 307 g/mol. The third kappa shape index (κ3) is 2.93. The Bertz CT molecular complexity index is 546. The van der Waals surface area contributed by atoms with Gasteiger partial charge < -0.3 is 5.32 Å². The summed E-state index contributed by atoms with van der Waals surface area (Å²) in [4.78, 5) is 0. The molecule has 0 bridgehead atoms. The molecule has 2 rings (SSSR count). The fourth-order valence-electron chi connectivity index (χ4n) is 1.86. The van der Waals surface area contributed by atoms with Crippen molar-refractivity contribution in [1.82, 2.24) is 9.78 Å². The number of aromatic nitrogens is 2. The predicted molar refractivity (Wildman–Crippen MR) is 78.8 cm³/mol. The number of halogens is 1. The zero-order chi connectivity index (χ0) is 13.1. The van der Waals surface area contributed by atoms with Crippen molar-refractivity contribution in [3.05, 3.63) is 45.7 Å². The van der Waals surface area contributed by atoms with Crippen LogP contribution in [0.2, 0.25) is 0 Å². The van der Waals surface area contributed by atoms with Gasteiger partial charge in [0.05, 0.1) is 17.9 Å². The third-order valence-electron chi connectivity index (χ3n) is 2.97. The van der Waals surface area contributed by atoms with Gasteiger partial charge in [0, 0.05) is 17.2 Å². The summed E-state index contributed by atoms with van der Waals surface area (Å²) in [5.74, 6) is 0. The van der Waals surface area contributed by atoms with Gasteiger partial charge in [-0.3, -0.25) is 4.68 Å². The molecule has 0 aliphatic carbocycles. The van der Waals surface area contributed by atoms with E-state index in [1.807, 2.05) is 11.7 Å². The van der Waals surface area contributed by atoms with Crippen molar-refractivity contribution in [2.45, 2.75) is 26.8 Å². The van der Waals surface area contributed by atoms with E-state index in [1.165, 1.54) is 11.3 Å². The van der Waals surface area contributed by atoms with Crippen LogP contribution in [0.15, 0.2) is 28.7 Å². The van der Waals surface area contributed by atoms with Gasteiger partial charge in [-0.1, -0.05) is 13.0 Å². The topological polar surface area (TPSA) is 29.9 Å². The molecule has 0 aliphatic heterocycles. The number of nitrogens with one attached hydrogen (secondary N) is 1. The lowest BCUT2D eigenvalue weighted by molar-refractivity contribution is 0.707. The lowest BCUT2D eigenvalue weighted by atomic mass is 10.2. The second kappa shape index (κ2) is 5.57. The van der Waals surface area contributed by atoms with Crippen LogP contribution in [0.4, 0.5) is 5.69 Å². The number of hydrogen-bond acceptors (Lipinski definition) is 2. The smallest absolute Gasteiger partial charge is 0.0625 e. The summed E-state index contributed by atoms with van der Waals surface area (Å²) in [7, 11) is 1.99. The standard InChI is InChI=1S/C14H18BrN3/c1-4-11-8-12(18(3)17-11)9-16-14-6-5-10(2)7-13(14)15/h5-8,16H,4,9H2,1-3H3. The molecule has 1 heterocycles. The van der Waals surface area contributed by atoms with Crippen LogP contribution < -0.4 is 5.32 Å². The quantitative estimate of drug-likeness (QED) is 0.934. The normalized spacial score (nSPS) is 10.7. The first-order chi connectivity index (χ1) is 8.60. The van der Waals surface area contributed by atoms with Gasteiger partial charge in [0.1, 0.15) is 0 Å². The minimum absolute atomic E-state index is 0.783. The SMILES string of the molecule is CCc1cc(CNc2ccc(C)cc2Br)n(C)n1. The Kier molecular flexibility index (Phi) is 4.07. The van der Waals surface area contributed by atoms with Crippen LogP contribution in [0, 0.1) is 6.92 Å². The highest BCUT2D eigenvalue weighted by atomic mass is 79.9. The van der Waals surface area contributed by atoms with Crippen molar-refractivity contribution in [3.8, 4) is 0 Å². The zero-order valence-electron chi connectivity index (χ0n) is 11.0. The Morgan fingerprint density at radius 2 is 2.11 bits per heavy atom. The summed E-state index contributed by atoms with van der Waals surface area (Å²) in [6, 6.07) is 8.46. The van der Waals surface area contributed by atoms with Crippen LogP contribution in [-0.4, -0.2) is 9.78 Å². The molecule has 0 radical (unpaired) electrons. The molecule has 1 aromatic heterocycles. The Balaban J connectivity index is 2.08. The van der Waals surface area contributed by atoms with Crippen LogP contribution in [-0.2, 0) is 20.0 Å². The Morgan fingerprint density at radius 3 is 2.72 bits per heavy atom. The first-order valence-corrected chi connectivity index (χ1v) is 6.91. The molecule has 0 amide bonds. The van der Waals surface area contributed by atoms with E-state index in [1.54, 1.807) is 0 Å². The predicted octanol–water partition coefficient (Wildman–Crippen LogP) is 3.67. The largest absolute Gasteiger partial charge is 0.378 e. The second-order valence-corrected chi connectivity index (χ2v) is 5.30. The van der Waals surface area contributed by atoms with Crippen LogP contribution in [0.25, 0.3) is 0 Å². The zero-order valence-corrected chi connectivity index (χ0v) is 12.6. The van der Waals surface area contributed by atoms with Crippen LogP contribution >= 0.6 is 15.9 Å². The fourth-order valence-corrected chi connectivity index (χ4v) is 2.49. The minimum Gasteiger partial charge on any atom is -0.378 e. The van der Waals surface area contributed by atoms with E-state index in [9.17, 15) is 0 Å². The van der Waals surface area contributed by atoms with Crippen molar-refractivity contribution in [1.29, 1.82) is 0 Å². The van der Waals surface area contributed by atoms with Crippen molar-refractivity contribution >= 4 is 21.6 Å². The molecule has 4 heteroatoms. The van der Waals surface area contributed by atoms with E-state index in [-0.39, 0.29) is 0 Å². The van der Waals surface area contributed by atoms with Gasteiger partial charge in [0.25, 0.3) is 0 Å². The van der Waals surface area contributed by atoms with Gasteiger partial charge in [-0.15, -0.1) is 0 Å². The highest BCUT2D eigenvalue weighted by molar-refractivity contribution is 9.10. The first-order valence-electron chi connectivity index (χ1n) is 6.12. The van der Waals surface area contributed by atoms with Crippen LogP contribution in [0.1, 0.15) is 23.9 Å². The third-order valence-corrected chi connectivity index (χ3v) is 3.63. The molecular formula is C14H18BrN3. The minimum atomic E-state index is 0.783. The van der Waals surface area contributed by atoms with Gasteiger partial charge in [-0.05, 0) is 53.0 Å². The number of nitrogens with zero attached hydrogens (tertiary/aromatic N) is 2. The molecular weight excluding hydrogens is 290 g/mol. The molecule has 18 heavy (non-hydrogen) atoms.